The molecule has 0 fully saturated rings. The molecule has 0 aliphatic rings. The summed E-state index contributed by atoms with van der Waals surface area (Å²) in [6, 6.07) is 14.4. The number of hydrogen-bond donors (Lipinski definition) is 1. The SMILES string of the molecule is COc1ccc(-c2noc(CCC(=O)Nc3ccccc3Cl)n2)cc1. The van der Waals surface area contributed by atoms with Crippen LogP contribution in [0, 0.1) is 0 Å². The third kappa shape index (κ3) is 4.36. The van der Waals surface area contributed by atoms with Crippen molar-refractivity contribution in [2.24, 2.45) is 0 Å². The molecule has 7 heteroatoms. The fourth-order valence-electron chi connectivity index (χ4n) is 2.21. The van der Waals surface area contributed by atoms with Gasteiger partial charge in [0.05, 0.1) is 17.8 Å². The maximum absolute atomic E-state index is 12.0. The molecule has 25 heavy (non-hydrogen) atoms. The number of carbonyl (C=O) groups excluding carboxylic acids is 1. The summed E-state index contributed by atoms with van der Waals surface area (Å²) in [4.78, 5) is 16.3. The Balaban J connectivity index is 1.58. The summed E-state index contributed by atoms with van der Waals surface area (Å²) in [5, 5.41) is 7.19. The number of ether oxygens (including phenoxy) is 1. The number of rotatable bonds is 6. The van der Waals surface area contributed by atoms with Gasteiger partial charge in [-0.05, 0) is 36.4 Å². The highest BCUT2D eigenvalue weighted by molar-refractivity contribution is 6.33. The molecule has 3 aromatic rings. The van der Waals surface area contributed by atoms with E-state index in [0.717, 1.165) is 11.3 Å². The Morgan fingerprint density at radius 2 is 1.96 bits per heavy atom. The van der Waals surface area contributed by atoms with Crippen molar-refractivity contribution in [3.05, 3.63) is 59.4 Å². The number of nitrogens with zero attached hydrogens (tertiary/aromatic N) is 2. The molecule has 1 aromatic heterocycles. The van der Waals surface area contributed by atoms with E-state index in [-0.39, 0.29) is 12.3 Å². The highest BCUT2D eigenvalue weighted by Crippen LogP contribution is 2.21. The van der Waals surface area contributed by atoms with E-state index >= 15 is 0 Å². The normalized spacial score (nSPS) is 10.5. The molecular formula is C18H16ClN3O3. The molecule has 1 N–H and O–H groups in total. The first-order valence-electron chi connectivity index (χ1n) is 7.67. The fraction of sp³-hybridized carbons (Fsp3) is 0.167. The second-order valence-corrected chi connectivity index (χ2v) is 5.68. The number of methoxy groups -OCH3 is 1. The van der Waals surface area contributed by atoms with E-state index in [1.807, 2.05) is 24.3 Å². The lowest BCUT2D eigenvalue weighted by molar-refractivity contribution is -0.116. The summed E-state index contributed by atoms with van der Waals surface area (Å²) in [7, 11) is 1.61. The highest BCUT2D eigenvalue weighted by atomic mass is 35.5. The van der Waals surface area contributed by atoms with Gasteiger partial charge in [0.1, 0.15) is 5.75 Å². The number of amides is 1. The predicted octanol–water partition coefficient (Wildman–Crippen LogP) is 3.97. The third-order valence-corrected chi connectivity index (χ3v) is 3.86. The first-order valence-corrected chi connectivity index (χ1v) is 8.05. The first kappa shape index (κ1) is 17.0. The van der Waals surface area contributed by atoms with Crippen LogP contribution in [0.15, 0.2) is 53.1 Å². The van der Waals surface area contributed by atoms with E-state index in [0.29, 0.717) is 28.8 Å². The van der Waals surface area contributed by atoms with Crippen LogP contribution in [0.4, 0.5) is 5.69 Å². The van der Waals surface area contributed by atoms with Crippen LogP contribution in [0.5, 0.6) is 5.75 Å². The smallest absolute Gasteiger partial charge is 0.227 e. The Morgan fingerprint density at radius 1 is 1.20 bits per heavy atom. The van der Waals surface area contributed by atoms with Crippen molar-refractivity contribution in [3.8, 4) is 17.1 Å². The van der Waals surface area contributed by atoms with Crippen molar-refractivity contribution >= 4 is 23.2 Å². The Hall–Kier alpha value is -2.86. The van der Waals surface area contributed by atoms with Crippen LogP contribution in [-0.4, -0.2) is 23.2 Å². The number of hydrogen-bond acceptors (Lipinski definition) is 5. The summed E-state index contributed by atoms with van der Waals surface area (Å²) in [5.41, 5.74) is 1.40. The minimum atomic E-state index is -0.169. The van der Waals surface area contributed by atoms with E-state index in [1.54, 1.807) is 31.4 Å². The van der Waals surface area contributed by atoms with Gasteiger partial charge in [0, 0.05) is 18.4 Å². The van der Waals surface area contributed by atoms with Gasteiger partial charge in [-0.15, -0.1) is 0 Å². The molecule has 1 heterocycles. The fourth-order valence-corrected chi connectivity index (χ4v) is 2.39. The maximum atomic E-state index is 12.0. The Labute approximate surface area is 149 Å². The quantitative estimate of drug-likeness (QED) is 0.722. The Kier molecular flexibility index (Phi) is 5.30. The van der Waals surface area contributed by atoms with Crippen molar-refractivity contribution in [2.75, 3.05) is 12.4 Å². The Bertz CT molecular complexity index is 862. The van der Waals surface area contributed by atoms with Crippen molar-refractivity contribution < 1.29 is 14.1 Å². The van der Waals surface area contributed by atoms with Gasteiger partial charge >= 0.3 is 0 Å². The van der Waals surface area contributed by atoms with Gasteiger partial charge in [-0.3, -0.25) is 4.79 Å². The van der Waals surface area contributed by atoms with Gasteiger partial charge in [-0.25, -0.2) is 0 Å². The van der Waals surface area contributed by atoms with E-state index in [2.05, 4.69) is 15.5 Å². The number of halogens is 1. The molecule has 0 atom stereocenters. The average molecular weight is 358 g/mol. The second-order valence-electron chi connectivity index (χ2n) is 5.27. The van der Waals surface area contributed by atoms with Crippen LogP contribution in [0.2, 0.25) is 5.02 Å². The van der Waals surface area contributed by atoms with Crippen LogP contribution in [-0.2, 0) is 11.2 Å². The molecule has 6 nitrogen and oxygen atoms in total. The zero-order valence-corrected chi connectivity index (χ0v) is 14.3. The van der Waals surface area contributed by atoms with E-state index in [4.69, 9.17) is 20.9 Å². The highest BCUT2D eigenvalue weighted by Gasteiger charge is 2.11. The van der Waals surface area contributed by atoms with Gasteiger partial charge < -0.3 is 14.6 Å². The zero-order chi connectivity index (χ0) is 17.6. The van der Waals surface area contributed by atoms with Crippen LogP contribution in [0.25, 0.3) is 11.4 Å². The summed E-state index contributed by atoms with van der Waals surface area (Å²) in [5.74, 6) is 1.46. The monoisotopic (exact) mass is 357 g/mol. The van der Waals surface area contributed by atoms with Crippen molar-refractivity contribution in [1.29, 1.82) is 0 Å². The number of anilines is 1. The molecule has 0 aliphatic carbocycles. The lowest BCUT2D eigenvalue weighted by atomic mass is 10.2. The number of para-hydroxylation sites is 1. The molecule has 0 saturated carbocycles. The maximum Gasteiger partial charge on any atom is 0.227 e. The number of aryl methyl sites for hydroxylation is 1. The van der Waals surface area contributed by atoms with Gasteiger partial charge in [-0.1, -0.05) is 28.9 Å². The van der Waals surface area contributed by atoms with Crippen LogP contribution in [0.3, 0.4) is 0 Å². The van der Waals surface area contributed by atoms with Crippen molar-refractivity contribution in [1.82, 2.24) is 10.1 Å². The van der Waals surface area contributed by atoms with Crippen LogP contribution in [0.1, 0.15) is 12.3 Å². The van der Waals surface area contributed by atoms with Crippen LogP contribution < -0.4 is 10.1 Å². The standard InChI is InChI=1S/C18H16ClN3O3/c1-24-13-8-6-12(7-9-13)18-21-17(25-22-18)11-10-16(23)20-15-5-3-2-4-14(15)19/h2-9H,10-11H2,1H3,(H,20,23). The minimum Gasteiger partial charge on any atom is -0.497 e. The zero-order valence-electron chi connectivity index (χ0n) is 13.5. The minimum absolute atomic E-state index is 0.169. The van der Waals surface area contributed by atoms with Crippen molar-refractivity contribution in [3.63, 3.8) is 0 Å². The topological polar surface area (TPSA) is 77.2 Å². The first-order chi connectivity index (χ1) is 12.2. The molecule has 3 rings (SSSR count). The van der Waals surface area contributed by atoms with Gasteiger partial charge in [0.15, 0.2) is 0 Å². The molecule has 128 valence electrons. The predicted molar refractivity (Wildman–Crippen MR) is 94.7 cm³/mol. The molecular weight excluding hydrogens is 342 g/mol. The van der Waals surface area contributed by atoms with Gasteiger partial charge in [-0.2, -0.15) is 4.98 Å². The van der Waals surface area contributed by atoms with E-state index in [1.165, 1.54) is 0 Å². The van der Waals surface area contributed by atoms with Gasteiger partial charge in [0.25, 0.3) is 0 Å². The number of benzene rings is 2. The van der Waals surface area contributed by atoms with Crippen LogP contribution >= 0.6 is 11.6 Å². The molecule has 0 unspecified atom stereocenters. The second kappa shape index (κ2) is 7.81. The molecule has 1 amide bonds. The molecule has 0 saturated heterocycles. The summed E-state index contributed by atoms with van der Waals surface area (Å²) < 4.78 is 10.3. The molecule has 2 aromatic carbocycles. The van der Waals surface area contributed by atoms with Gasteiger partial charge in [0.2, 0.25) is 17.6 Å². The molecule has 0 spiro atoms. The third-order valence-electron chi connectivity index (χ3n) is 3.53. The van der Waals surface area contributed by atoms with E-state index < -0.39 is 0 Å². The number of aromatic nitrogens is 2. The summed E-state index contributed by atoms with van der Waals surface area (Å²) in [6.45, 7) is 0. The molecule has 0 aliphatic heterocycles. The lowest BCUT2D eigenvalue weighted by Gasteiger charge is -2.05. The summed E-state index contributed by atoms with van der Waals surface area (Å²) >= 11 is 6.01. The van der Waals surface area contributed by atoms with E-state index in [9.17, 15) is 4.79 Å². The number of nitrogens with one attached hydrogen (secondary N) is 1. The lowest BCUT2D eigenvalue weighted by Crippen LogP contribution is -2.12. The molecule has 0 bridgehead atoms. The summed E-state index contributed by atoms with van der Waals surface area (Å²) in [6.07, 6.45) is 0.564. The molecule has 0 radical (unpaired) electrons. The van der Waals surface area contributed by atoms with Crippen molar-refractivity contribution in [2.45, 2.75) is 12.8 Å². The average Bonchev–Trinajstić information content (AvgIpc) is 3.11. The largest absolute Gasteiger partial charge is 0.497 e. The number of carbonyl (C=O) groups is 1. The Morgan fingerprint density at radius 3 is 2.68 bits per heavy atom.